The summed E-state index contributed by atoms with van der Waals surface area (Å²) in [7, 11) is 0. The molecule has 1 saturated heterocycles. The van der Waals surface area contributed by atoms with Crippen LogP contribution in [-0.4, -0.2) is 29.1 Å². The highest BCUT2D eigenvalue weighted by Gasteiger charge is 2.29. The van der Waals surface area contributed by atoms with Crippen molar-refractivity contribution in [1.82, 2.24) is 4.98 Å². The lowest BCUT2D eigenvalue weighted by molar-refractivity contribution is 0.0699. The number of carboxylic acids is 1. The van der Waals surface area contributed by atoms with Crippen LogP contribution < -0.4 is 4.90 Å². The number of carboxylic acid groups (broad SMARTS) is 1. The van der Waals surface area contributed by atoms with E-state index < -0.39 is 5.97 Å². The molecule has 1 fully saturated rings. The molecule has 1 N–H and O–H groups in total. The van der Waals surface area contributed by atoms with E-state index in [1.165, 1.54) is 37.0 Å². The van der Waals surface area contributed by atoms with E-state index in [4.69, 9.17) is 0 Å². The van der Waals surface area contributed by atoms with E-state index in [0.717, 1.165) is 24.1 Å². The van der Waals surface area contributed by atoms with Crippen LogP contribution in [0.1, 0.15) is 68.7 Å². The average Bonchev–Trinajstić information content (AvgIpc) is 2.85. The second-order valence-electron chi connectivity index (χ2n) is 6.95. The van der Waals surface area contributed by atoms with Crippen LogP contribution in [0.25, 0.3) is 0 Å². The predicted molar refractivity (Wildman–Crippen MR) is 87.6 cm³/mol. The van der Waals surface area contributed by atoms with Crippen molar-refractivity contribution in [1.29, 1.82) is 0 Å². The third-order valence-corrected chi connectivity index (χ3v) is 5.21. The molecule has 2 rings (SSSR count). The maximum Gasteiger partial charge on any atom is 0.347 e. The van der Waals surface area contributed by atoms with Gasteiger partial charge in [-0.15, -0.1) is 0 Å². The number of carbonyl (C=O) groups is 1. The molecule has 0 aromatic carbocycles. The van der Waals surface area contributed by atoms with Crippen LogP contribution in [0.2, 0.25) is 0 Å². The molecule has 2 heterocycles. The largest absolute Gasteiger partial charge is 0.477 e. The number of hydrogen-bond donors (Lipinski definition) is 1. The summed E-state index contributed by atoms with van der Waals surface area (Å²) in [6.45, 7) is 10.3. The Bertz CT molecular complexity index is 497. The zero-order chi connectivity index (χ0) is 15.6. The Labute approximate surface area is 131 Å². The van der Waals surface area contributed by atoms with Gasteiger partial charge in [-0.25, -0.2) is 9.78 Å². The molecule has 1 aliphatic rings. The smallest absolute Gasteiger partial charge is 0.347 e. The Kier molecular flexibility index (Phi) is 4.91. The van der Waals surface area contributed by atoms with E-state index in [-0.39, 0.29) is 5.41 Å². The molecule has 1 aromatic heterocycles. The highest BCUT2D eigenvalue weighted by atomic mass is 32.1. The van der Waals surface area contributed by atoms with Crippen LogP contribution in [-0.2, 0) is 5.41 Å². The lowest BCUT2D eigenvalue weighted by atomic mass is 9.91. The minimum Gasteiger partial charge on any atom is -0.477 e. The first-order valence-electron chi connectivity index (χ1n) is 7.82. The van der Waals surface area contributed by atoms with E-state index in [1.54, 1.807) is 0 Å². The van der Waals surface area contributed by atoms with Crippen LogP contribution >= 0.6 is 11.3 Å². The predicted octanol–water partition coefficient (Wildman–Crippen LogP) is 4.16. The van der Waals surface area contributed by atoms with Crippen LogP contribution in [0, 0.1) is 5.92 Å². The number of aromatic carboxylic acids is 1. The van der Waals surface area contributed by atoms with E-state index in [0.29, 0.717) is 10.6 Å². The van der Waals surface area contributed by atoms with Crippen molar-refractivity contribution < 1.29 is 9.90 Å². The van der Waals surface area contributed by atoms with Gasteiger partial charge in [-0.1, -0.05) is 51.9 Å². The summed E-state index contributed by atoms with van der Waals surface area (Å²) < 4.78 is 0. The van der Waals surface area contributed by atoms with Crippen LogP contribution in [0.3, 0.4) is 0 Å². The quantitative estimate of drug-likeness (QED) is 0.907. The lowest BCUT2D eigenvalue weighted by Gasteiger charge is -2.31. The van der Waals surface area contributed by atoms with Gasteiger partial charge in [0, 0.05) is 18.5 Å². The molecule has 0 amide bonds. The zero-order valence-corrected chi connectivity index (χ0v) is 14.3. The number of piperidine rings is 1. The van der Waals surface area contributed by atoms with Crippen LogP contribution in [0.4, 0.5) is 5.13 Å². The van der Waals surface area contributed by atoms with Gasteiger partial charge < -0.3 is 10.0 Å². The van der Waals surface area contributed by atoms with Gasteiger partial charge in [-0.2, -0.15) is 0 Å². The van der Waals surface area contributed by atoms with Gasteiger partial charge in [-0.3, -0.25) is 0 Å². The average molecular weight is 310 g/mol. The van der Waals surface area contributed by atoms with E-state index >= 15 is 0 Å². The Hall–Kier alpha value is -1.10. The fourth-order valence-electron chi connectivity index (χ4n) is 2.92. The van der Waals surface area contributed by atoms with Crippen molar-refractivity contribution in [3.05, 3.63) is 10.6 Å². The molecule has 0 saturated carbocycles. The summed E-state index contributed by atoms with van der Waals surface area (Å²) in [4.78, 5) is 18.8. The lowest BCUT2D eigenvalue weighted by Crippen LogP contribution is -2.33. The summed E-state index contributed by atoms with van der Waals surface area (Å²) in [6.07, 6.45) is 4.94. The van der Waals surface area contributed by atoms with Crippen molar-refractivity contribution in [3.8, 4) is 0 Å². The molecule has 4 nitrogen and oxygen atoms in total. The minimum absolute atomic E-state index is 0.233. The van der Waals surface area contributed by atoms with Crippen LogP contribution in [0.15, 0.2) is 0 Å². The highest BCUT2D eigenvalue weighted by molar-refractivity contribution is 7.17. The molecular weight excluding hydrogens is 284 g/mol. The maximum absolute atomic E-state index is 11.5. The summed E-state index contributed by atoms with van der Waals surface area (Å²) >= 11 is 1.33. The Morgan fingerprint density at radius 1 is 1.38 bits per heavy atom. The number of aromatic nitrogens is 1. The summed E-state index contributed by atoms with van der Waals surface area (Å²) in [5.74, 6) is -0.0308. The van der Waals surface area contributed by atoms with E-state index in [2.05, 4.69) is 16.8 Å². The summed E-state index contributed by atoms with van der Waals surface area (Å²) in [5, 5.41) is 10.3. The first-order chi connectivity index (χ1) is 9.82. The fraction of sp³-hybridized carbons (Fsp3) is 0.750. The molecule has 0 atom stereocenters. The number of anilines is 1. The van der Waals surface area contributed by atoms with E-state index in [1.807, 2.05) is 20.8 Å². The molecule has 0 radical (unpaired) electrons. The van der Waals surface area contributed by atoms with Gasteiger partial charge in [0.25, 0.3) is 0 Å². The monoisotopic (exact) mass is 310 g/mol. The second kappa shape index (κ2) is 6.34. The molecule has 0 aliphatic carbocycles. The number of hydrogen-bond acceptors (Lipinski definition) is 4. The SMILES string of the molecule is CCCC1CCN(c2nc(C(C)(C)C)c(C(=O)O)s2)CC1. The van der Waals surface area contributed by atoms with Gasteiger partial charge in [0.15, 0.2) is 5.13 Å². The van der Waals surface area contributed by atoms with Crippen molar-refractivity contribution in [2.75, 3.05) is 18.0 Å². The molecule has 1 aliphatic heterocycles. The molecular formula is C16H26N2O2S. The van der Waals surface area contributed by atoms with Gasteiger partial charge >= 0.3 is 5.97 Å². The third kappa shape index (κ3) is 3.76. The zero-order valence-electron chi connectivity index (χ0n) is 13.5. The maximum atomic E-state index is 11.5. The standard InChI is InChI=1S/C16H26N2O2S/c1-5-6-11-7-9-18(10-8-11)15-17-13(16(2,3)4)12(21-15)14(19)20/h11H,5-10H2,1-4H3,(H,19,20). The minimum atomic E-state index is -0.857. The molecule has 0 unspecified atom stereocenters. The molecule has 5 heteroatoms. The topological polar surface area (TPSA) is 53.4 Å². The van der Waals surface area contributed by atoms with Gasteiger partial charge in [-0.05, 0) is 18.8 Å². The molecule has 0 bridgehead atoms. The third-order valence-electron chi connectivity index (χ3n) is 4.10. The number of thiazole rings is 1. The normalized spacial score (nSPS) is 17.2. The van der Waals surface area contributed by atoms with E-state index in [9.17, 15) is 9.90 Å². The molecule has 1 aromatic rings. The van der Waals surface area contributed by atoms with Crippen LogP contribution in [0.5, 0.6) is 0 Å². The Morgan fingerprint density at radius 3 is 2.43 bits per heavy atom. The van der Waals surface area contributed by atoms with Crippen molar-refractivity contribution in [2.24, 2.45) is 5.92 Å². The Morgan fingerprint density at radius 2 is 2.00 bits per heavy atom. The summed E-state index contributed by atoms with van der Waals surface area (Å²) in [6, 6.07) is 0. The molecule has 0 spiro atoms. The van der Waals surface area contributed by atoms with Crippen molar-refractivity contribution in [2.45, 2.75) is 58.8 Å². The molecule has 21 heavy (non-hydrogen) atoms. The number of nitrogens with zero attached hydrogens (tertiary/aromatic N) is 2. The van der Waals surface area contributed by atoms with Crippen molar-refractivity contribution in [3.63, 3.8) is 0 Å². The second-order valence-corrected chi connectivity index (χ2v) is 7.93. The van der Waals surface area contributed by atoms with Crippen molar-refractivity contribution >= 4 is 22.4 Å². The first kappa shape index (κ1) is 16.3. The van der Waals surface area contributed by atoms with Gasteiger partial charge in [0.1, 0.15) is 4.88 Å². The van der Waals surface area contributed by atoms with Gasteiger partial charge in [0.2, 0.25) is 0 Å². The molecule has 118 valence electrons. The number of rotatable bonds is 4. The Balaban J connectivity index is 2.17. The van der Waals surface area contributed by atoms with Gasteiger partial charge in [0.05, 0.1) is 5.69 Å². The summed E-state index contributed by atoms with van der Waals surface area (Å²) in [5.41, 5.74) is 0.480. The first-order valence-corrected chi connectivity index (χ1v) is 8.64. The fourth-order valence-corrected chi connectivity index (χ4v) is 4.09. The highest BCUT2D eigenvalue weighted by Crippen LogP contribution is 2.35.